The minimum atomic E-state index is -0.873. The van der Waals surface area contributed by atoms with E-state index < -0.39 is 11.8 Å². The summed E-state index contributed by atoms with van der Waals surface area (Å²) in [6.45, 7) is 1.74. The van der Waals surface area contributed by atoms with Gasteiger partial charge in [0.15, 0.2) is 0 Å². The number of anilines is 2. The smallest absolute Gasteiger partial charge is 0.315 e. The minimum absolute atomic E-state index is 0.250. The van der Waals surface area contributed by atoms with Crippen LogP contribution in [0.15, 0.2) is 18.2 Å². The number of carbonyl (C=O) groups excluding carboxylic acids is 2. The average molecular weight is 331 g/mol. The van der Waals surface area contributed by atoms with Crippen molar-refractivity contribution in [2.75, 3.05) is 10.6 Å². The van der Waals surface area contributed by atoms with Crippen molar-refractivity contribution in [3.63, 3.8) is 0 Å². The van der Waals surface area contributed by atoms with E-state index in [-0.39, 0.29) is 15.8 Å². The van der Waals surface area contributed by atoms with Gasteiger partial charge in [-0.05, 0) is 25.1 Å². The first kappa shape index (κ1) is 14.7. The van der Waals surface area contributed by atoms with E-state index >= 15 is 0 Å². The third-order valence-corrected chi connectivity index (χ3v) is 3.45. The molecular weight excluding hydrogens is 323 g/mol. The predicted octanol–water partition coefficient (Wildman–Crippen LogP) is 2.73. The molecule has 1 aromatic heterocycles. The van der Waals surface area contributed by atoms with E-state index in [9.17, 15) is 9.59 Å². The van der Waals surface area contributed by atoms with Crippen molar-refractivity contribution in [2.45, 2.75) is 6.92 Å². The van der Waals surface area contributed by atoms with Crippen molar-refractivity contribution in [2.24, 2.45) is 0 Å². The lowest BCUT2D eigenvalue weighted by Crippen LogP contribution is -2.29. The molecule has 20 heavy (non-hydrogen) atoms. The molecule has 0 fully saturated rings. The summed E-state index contributed by atoms with van der Waals surface area (Å²) in [6, 6.07) is 4.54. The fourth-order valence-corrected chi connectivity index (χ4v) is 2.20. The van der Waals surface area contributed by atoms with E-state index in [4.69, 9.17) is 23.2 Å². The summed E-state index contributed by atoms with van der Waals surface area (Å²) in [6.07, 6.45) is 0. The molecule has 2 aromatic rings. The summed E-state index contributed by atoms with van der Waals surface area (Å²) in [5.41, 5.74) is 0.257. The summed E-state index contributed by atoms with van der Waals surface area (Å²) in [5.74, 6) is -1.74. The van der Waals surface area contributed by atoms with Crippen LogP contribution in [-0.4, -0.2) is 22.0 Å². The molecule has 2 rings (SSSR count). The SMILES string of the molecule is Cc1nnc(NC(=O)C(=O)Nc2cc(Cl)ccc2Cl)s1. The van der Waals surface area contributed by atoms with Gasteiger partial charge in [-0.3, -0.25) is 14.9 Å². The summed E-state index contributed by atoms with van der Waals surface area (Å²) >= 11 is 12.8. The minimum Gasteiger partial charge on any atom is -0.316 e. The lowest BCUT2D eigenvalue weighted by Gasteiger charge is -2.06. The molecule has 0 aliphatic carbocycles. The zero-order valence-corrected chi connectivity index (χ0v) is 12.4. The van der Waals surface area contributed by atoms with Crippen LogP contribution < -0.4 is 10.6 Å². The molecular formula is C11H8Cl2N4O2S. The first-order valence-corrected chi connectivity index (χ1v) is 6.90. The maximum Gasteiger partial charge on any atom is 0.315 e. The van der Waals surface area contributed by atoms with Crippen molar-refractivity contribution >= 4 is 57.2 Å². The molecule has 1 aromatic carbocycles. The molecule has 6 nitrogen and oxygen atoms in total. The Morgan fingerprint density at radius 3 is 2.50 bits per heavy atom. The van der Waals surface area contributed by atoms with E-state index in [0.29, 0.717) is 10.0 Å². The molecule has 0 saturated carbocycles. The molecule has 0 atom stereocenters. The van der Waals surface area contributed by atoms with Crippen LogP contribution in [0.3, 0.4) is 0 Å². The highest BCUT2D eigenvalue weighted by molar-refractivity contribution is 7.15. The lowest BCUT2D eigenvalue weighted by molar-refractivity contribution is -0.133. The van der Waals surface area contributed by atoms with Crippen LogP contribution in [0.1, 0.15) is 5.01 Å². The monoisotopic (exact) mass is 330 g/mol. The Hall–Kier alpha value is -1.70. The molecule has 0 saturated heterocycles. The topological polar surface area (TPSA) is 84.0 Å². The van der Waals surface area contributed by atoms with Gasteiger partial charge in [0.1, 0.15) is 5.01 Å². The molecule has 1 heterocycles. The van der Waals surface area contributed by atoms with Gasteiger partial charge in [-0.25, -0.2) is 0 Å². The Balaban J connectivity index is 2.04. The fraction of sp³-hybridized carbons (Fsp3) is 0.0909. The van der Waals surface area contributed by atoms with Gasteiger partial charge >= 0.3 is 11.8 Å². The predicted molar refractivity (Wildman–Crippen MR) is 78.4 cm³/mol. The second kappa shape index (κ2) is 6.17. The van der Waals surface area contributed by atoms with Crippen LogP contribution in [0, 0.1) is 6.92 Å². The van der Waals surface area contributed by atoms with Crippen LogP contribution in [0.4, 0.5) is 10.8 Å². The number of aryl methyl sites for hydroxylation is 1. The van der Waals surface area contributed by atoms with Crippen molar-refractivity contribution in [1.82, 2.24) is 10.2 Å². The molecule has 0 unspecified atom stereocenters. The molecule has 0 aliphatic heterocycles. The van der Waals surface area contributed by atoms with Gasteiger partial charge in [-0.1, -0.05) is 34.5 Å². The van der Waals surface area contributed by atoms with E-state index in [2.05, 4.69) is 20.8 Å². The van der Waals surface area contributed by atoms with Crippen LogP contribution in [0.25, 0.3) is 0 Å². The summed E-state index contributed by atoms with van der Waals surface area (Å²) in [5, 5.41) is 13.7. The van der Waals surface area contributed by atoms with E-state index in [0.717, 1.165) is 11.3 Å². The largest absolute Gasteiger partial charge is 0.316 e. The van der Waals surface area contributed by atoms with Crippen molar-refractivity contribution in [3.05, 3.63) is 33.3 Å². The van der Waals surface area contributed by atoms with Gasteiger partial charge < -0.3 is 5.32 Å². The Kier molecular flexibility index (Phi) is 4.53. The highest BCUT2D eigenvalue weighted by Gasteiger charge is 2.17. The van der Waals surface area contributed by atoms with Gasteiger partial charge in [0.05, 0.1) is 10.7 Å². The second-order valence-corrected chi connectivity index (χ2v) is 5.68. The first-order chi connectivity index (χ1) is 9.45. The summed E-state index contributed by atoms with van der Waals surface area (Å²) in [7, 11) is 0. The van der Waals surface area contributed by atoms with Crippen LogP contribution >= 0.6 is 34.5 Å². The molecule has 0 bridgehead atoms. The number of halogens is 2. The maximum atomic E-state index is 11.7. The summed E-state index contributed by atoms with van der Waals surface area (Å²) in [4.78, 5) is 23.4. The zero-order valence-electron chi connectivity index (χ0n) is 10.1. The molecule has 0 spiro atoms. The Labute approximate surface area is 128 Å². The Morgan fingerprint density at radius 1 is 1.15 bits per heavy atom. The normalized spacial score (nSPS) is 10.2. The number of hydrogen-bond acceptors (Lipinski definition) is 5. The third kappa shape index (κ3) is 3.66. The maximum absolute atomic E-state index is 11.7. The van der Waals surface area contributed by atoms with Crippen molar-refractivity contribution in [3.8, 4) is 0 Å². The average Bonchev–Trinajstić information content (AvgIpc) is 2.79. The molecule has 0 aliphatic rings. The van der Waals surface area contributed by atoms with Gasteiger partial charge in [0, 0.05) is 5.02 Å². The van der Waals surface area contributed by atoms with Crippen LogP contribution in [0.5, 0.6) is 0 Å². The standard InChI is InChI=1S/C11H8Cl2N4O2S/c1-5-16-17-11(20-5)15-10(19)9(18)14-8-4-6(12)2-3-7(8)13/h2-4H,1H3,(H,14,18)(H,15,17,19). The number of nitrogens with zero attached hydrogens (tertiary/aromatic N) is 2. The van der Waals surface area contributed by atoms with E-state index in [1.54, 1.807) is 13.0 Å². The molecule has 104 valence electrons. The highest BCUT2D eigenvalue weighted by Crippen LogP contribution is 2.25. The highest BCUT2D eigenvalue weighted by atomic mass is 35.5. The fourth-order valence-electron chi connectivity index (χ4n) is 1.27. The number of rotatable bonds is 2. The second-order valence-electron chi connectivity index (χ2n) is 3.66. The van der Waals surface area contributed by atoms with Crippen LogP contribution in [0.2, 0.25) is 10.0 Å². The molecule has 2 amide bonds. The van der Waals surface area contributed by atoms with Gasteiger partial charge in [-0.2, -0.15) is 0 Å². The van der Waals surface area contributed by atoms with Crippen molar-refractivity contribution in [1.29, 1.82) is 0 Å². The van der Waals surface area contributed by atoms with Crippen molar-refractivity contribution < 1.29 is 9.59 Å². The third-order valence-electron chi connectivity index (χ3n) is 2.13. The molecule has 0 radical (unpaired) electrons. The number of amides is 2. The number of nitrogens with one attached hydrogen (secondary N) is 2. The van der Waals surface area contributed by atoms with Gasteiger partial charge in [-0.15, -0.1) is 10.2 Å². The number of hydrogen-bond donors (Lipinski definition) is 2. The molecule has 9 heteroatoms. The Morgan fingerprint density at radius 2 is 1.85 bits per heavy atom. The van der Waals surface area contributed by atoms with Gasteiger partial charge in [0.25, 0.3) is 0 Å². The first-order valence-electron chi connectivity index (χ1n) is 5.33. The van der Waals surface area contributed by atoms with Crippen LogP contribution in [-0.2, 0) is 9.59 Å². The van der Waals surface area contributed by atoms with E-state index in [1.165, 1.54) is 12.1 Å². The lowest BCUT2D eigenvalue weighted by atomic mass is 10.3. The number of aromatic nitrogens is 2. The van der Waals surface area contributed by atoms with Gasteiger partial charge in [0.2, 0.25) is 5.13 Å². The zero-order chi connectivity index (χ0) is 14.7. The number of carbonyl (C=O) groups is 2. The van der Waals surface area contributed by atoms with E-state index in [1.807, 2.05) is 0 Å². The Bertz CT molecular complexity index is 674. The quantitative estimate of drug-likeness (QED) is 0.829. The number of benzene rings is 1. The molecule has 2 N–H and O–H groups in total. The summed E-state index contributed by atoms with van der Waals surface area (Å²) < 4.78 is 0.